The smallest absolute Gasteiger partial charge is 0.305 e. The van der Waals surface area contributed by atoms with E-state index in [9.17, 15) is 9.59 Å². The molecule has 0 aliphatic carbocycles. The molecule has 6 heteroatoms. The number of benzene rings is 1. The maximum absolute atomic E-state index is 12.5. The zero-order valence-corrected chi connectivity index (χ0v) is 12.5. The Hall–Kier alpha value is -2.37. The van der Waals surface area contributed by atoms with Crippen molar-refractivity contribution in [2.75, 3.05) is 6.54 Å². The standard InChI is InChI=1S/C16H19N3O3/c1-18-14-7-3-2-6-12(14)13(17-18)10-15(20)19-8-4-5-11(19)9-16(21)22/h2-3,6-7,11H,4-5,8-10H2,1H3,(H,21,22). The van der Waals surface area contributed by atoms with Crippen LogP contribution in [0.25, 0.3) is 10.9 Å². The van der Waals surface area contributed by atoms with Gasteiger partial charge in [0.1, 0.15) is 0 Å². The second-order valence-corrected chi connectivity index (χ2v) is 5.75. The summed E-state index contributed by atoms with van der Waals surface area (Å²) < 4.78 is 1.77. The second-order valence-electron chi connectivity index (χ2n) is 5.75. The SMILES string of the molecule is Cn1nc(CC(=O)N2CCCC2CC(=O)O)c2ccccc21. The van der Waals surface area contributed by atoms with Crippen LogP contribution in [-0.4, -0.2) is 44.3 Å². The molecule has 1 saturated heterocycles. The predicted molar refractivity (Wildman–Crippen MR) is 81.4 cm³/mol. The number of carbonyl (C=O) groups excluding carboxylic acids is 1. The summed E-state index contributed by atoms with van der Waals surface area (Å²) in [5, 5.41) is 14.4. The number of rotatable bonds is 4. The van der Waals surface area contributed by atoms with Crippen LogP contribution in [0.15, 0.2) is 24.3 Å². The Morgan fingerprint density at radius 2 is 2.14 bits per heavy atom. The number of likely N-dealkylation sites (tertiary alicyclic amines) is 1. The summed E-state index contributed by atoms with van der Waals surface area (Å²) in [5.41, 5.74) is 1.75. The Morgan fingerprint density at radius 1 is 1.36 bits per heavy atom. The van der Waals surface area contributed by atoms with Crippen LogP contribution >= 0.6 is 0 Å². The second kappa shape index (κ2) is 5.79. The van der Waals surface area contributed by atoms with Crippen molar-refractivity contribution < 1.29 is 14.7 Å². The van der Waals surface area contributed by atoms with Crippen molar-refractivity contribution in [3.63, 3.8) is 0 Å². The zero-order valence-electron chi connectivity index (χ0n) is 12.5. The number of carboxylic acid groups (broad SMARTS) is 1. The van der Waals surface area contributed by atoms with Crippen molar-refractivity contribution in [3.8, 4) is 0 Å². The van der Waals surface area contributed by atoms with Crippen LogP contribution in [0.2, 0.25) is 0 Å². The highest BCUT2D eigenvalue weighted by atomic mass is 16.4. The summed E-state index contributed by atoms with van der Waals surface area (Å²) in [7, 11) is 1.86. The number of para-hydroxylation sites is 1. The van der Waals surface area contributed by atoms with E-state index in [2.05, 4.69) is 5.10 Å². The molecule has 1 aliphatic rings. The lowest BCUT2D eigenvalue weighted by Crippen LogP contribution is -2.37. The molecule has 1 aromatic heterocycles. The van der Waals surface area contributed by atoms with E-state index in [-0.39, 0.29) is 24.8 Å². The molecule has 1 unspecified atom stereocenters. The third-order valence-electron chi connectivity index (χ3n) is 4.26. The molecule has 116 valence electrons. The molecule has 0 bridgehead atoms. The molecule has 2 heterocycles. The van der Waals surface area contributed by atoms with E-state index in [1.807, 2.05) is 31.3 Å². The molecule has 0 spiro atoms. The van der Waals surface area contributed by atoms with E-state index < -0.39 is 5.97 Å². The summed E-state index contributed by atoms with van der Waals surface area (Å²) in [6, 6.07) is 7.63. The molecule has 0 saturated carbocycles. The average Bonchev–Trinajstić information content (AvgIpc) is 3.05. The van der Waals surface area contributed by atoms with Gasteiger partial charge in [0, 0.05) is 25.0 Å². The summed E-state index contributed by atoms with van der Waals surface area (Å²) in [4.78, 5) is 25.2. The fourth-order valence-electron chi connectivity index (χ4n) is 3.24. The lowest BCUT2D eigenvalue weighted by Gasteiger charge is -2.23. The quantitative estimate of drug-likeness (QED) is 0.930. The Labute approximate surface area is 128 Å². The van der Waals surface area contributed by atoms with Crippen LogP contribution in [-0.2, 0) is 23.1 Å². The number of amides is 1. The van der Waals surface area contributed by atoms with E-state index in [1.165, 1.54) is 0 Å². The maximum atomic E-state index is 12.5. The van der Waals surface area contributed by atoms with Crippen LogP contribution in [0.1, 0.15) is 25.0 Å². The molecule has 0 radical (unpaired) electrons. The van der Waals surface area contributed by atoms with Gasteiger partial charge < -0.3 is 10.0 Å². The fraction of sp³-hybridized carbons (Fsp3) is 0.438. The summed E-state index contributed by atoms with van der Waals surface area (Å²) >= 11 is 0. The third kappa shape index (κ3) is 2.68. The molecular formula is C16H19N3O3. The Morgan fingerprint density at radius 3 is 2.91 bits per heavy atom. The number of fused-ring (bicyclic) bond motifs is 1. The number of hydrogen-bond acceptors (Lipinski definition) is 3. The first-order chi connectivity index (χ1) is 10.6. The predicted octanol–water partition coefficient (Wildman–Crippen LogP) is 1.58. The van der Waals surface area contributed by atoms with Gasteiger partial charge in [0.25, 0.3) is 0 Å². The van der Waals surface area contributed by atoms with Crippen LogP contribution in [0, 0.1) is 0 Å². The van der Waals surface area contributed by atoms with E-state index in [4.69, 9.17) is 5.11 Å². The number of carbonyl (C=O) groups is 2. The monoisotopic (exact) mass is 301 g/mol. The lowest BCUT2D eigenvalue weighted by atomic mass is 10.1. The number of aryl methyl sites for hydroxylation is 1. The van der Waals surface area contributed by atoms with Gasteiger partial charge in [-0.25, -0.2) is 0 Å². The minimum atomic E-state index is -0.854. The summed E-state index contributed by atoms with van der Waals surface area (Å²) in [6.45, 7) is 0.640. The van der Waals surface area contributed by atoms with Gasteiger partial charge in [0.2, 0.25) is 5.91 Å². The van der Waals surface area contributed by atoms with E-state index in [0.717, 1.165) is 29.4 Å². The minimum Gasteiger partial charge on any atom is -0.481 e. The summed E-state index contributed by atoms with van der Waals surface area (Å²) in [5.74, 6) is -0.888. The van der Waals surface area contributed by atoms with Gasteiger partial charge >= 0.3 is 5.97 Å². The zero-order chi connectivity index (χ0) is 15.7. The minimum absolute atomic E-state index is 0.0225. The van der Waals surface area contributed by atoms with Crippen LogP contribution in [0.5, 0.6) is 0 Å². The van der Waals surface area contributed by atoms with Gasteiger partial charge in [0.05, 0.1) is 24.1 Å². The highest BCUT2D eigenvalue weighted by molar-refractivity contribution is 5.88. The van der Waals surface area contributed by atoms with Crippen LogP contribution in [0.4, 0.5) is 0 Å². The average molecular weight is 301 g/mol. The van der Waals surface area contributed by atoms with Crippen molar-refractivity contribution in [1.82, 2.24) is 14.7 Å². The molecule has 1 aromatic carbocycles. The molecule has 22 heavy (non-hydrogen) atoms. The first-order valence-electron chi connectivity index (χ1n) is 7.48. The van der Waals surface area contributed by atoms with Crippen molar-refractivity contribution in [2.45, 2.75) is 31.7 Å². The highest BCUT2D eigenvalue weighted by Crippen LogP contribution is 2.23. The van der Waals surface area contributed by atoms with Gasteiger partial charge in [-0.15, -0.1) is 0 Å². The van der Waals surface area contributed by atoms with Crippen LogP contribution in [0.3, 0.4) is 0 Å². The molecule has 6 nitrogen and oxygen atoms in total. The third-order valence-corrected chi connectivity index (χ3v) is 4.26. The van der Waals surface area contributed by atoms with Crippen molar-refractivity contribution >= 4 is 22.8 Å². The van der Waals surface area contributed by atoms with Crippen molar-refractivity contribution in [1.29, 1.82) is 0 Å². The molecular weight excluding hydrogens is 282 g/mol. The number of carboxylic acids is 1. The number of aromatic nitrogens is 2. The number of hydrogen-bond donors (Lipinski definition) is 1. The Balaban J connectivity index is 1.79. The first-order valence-corrected chi connectivity index (χ1v) is 7.48. The molecule has 2 aromatic rings. The number of aliphatic carboxylic acids is 1. The molecule has 1 amide bonds. The van der Waals surface area contributed by atoms with Crippen molar-refractivity contribution in [3.05, 3.63) is 30.0 Å². The van der Waals surface area contributed by atoms with E-state index in [1.54, 1.807) is 9.58 Å². The number of nitrogens with zero attached hydrogens (tertiary/aromatic N) is 3. The van der Waals surface area contributed by atoms with Crippen LogP contribution < -0.4 is 0 Å². The Kier molecular flexibility index (Phi) is 3.83. The molecule has 1 aliphatic heterocycles. The highest BCUT2D eigenvalue weighted by Gasteiger charge is 2.30. The van der Waals surface area contributed by atoms with Gasteiger partial charge in [-0.3, -0.25) is 14.3 Å². The van der Waals surface area contributed by atoms with E-state index in [0.29, 0.717) is 6.54 Å². The normalized spacial score (nSPS) is 18.0. The first kappa shape index (κ1) is 14.6. The summed E-state index contributed by atoms with van der Waals surface area (Å²) in [6.07, 6.45) is 1.87. The van der Waals surface area contributed by atoms with Gasteiger partial charge in [-0.2, -0.15) is 5.10 Å². The molecule has 3 rings (SSSR count). The Bertz CT molecular complexity index is 722. The largest absolute Gasteiger partial charge is 0.481 e. The lowest BCUT2D eigenvalue weighted by molar-refractivity contribution is -0.139. The maximum Gasteiger partial charge on any atom is 0.305 e. The van der Waals surface area contributed by atoms with E-state index >= 15 is 0 Å². The van der Waals surface area contributed by atoms with Gasteiger partial charge in [0.15, 0.2) is 0 Å². The fourth-order valence-corrected chi connectivity index (χ4v) is 3.24. The van der Waals surface area contributed by atoms with Gasteiger partial charge in [-0.05, 0) is 18.9 Å². The van der Waals surface area contributed by atoms with Gasteiger partial charge in [-0.1, -0.05) is 18.2 Å². The molecule has 1 fully saturated rings. The van der Waals surface area contributed by atoms with Crippen molar-refractivity contribution in [2.24, 2.45) is 7.05 Å². The molecule has 1 atom stereocenters. The topological polar surface area (TPSA) is 75.4 Å². The molecule has 1 N–H and O–H groups in total.